The average molecular weight is 340 g/mol. The number of aliphatic carboxylic acids is 1. The van der Waals surface area contributed by atoms with Gasteiger partial charge in [0.15, 0.2) is 0 Å². The Hall–Kier alpha value is -2.99. The van der Waals surface area contributed by atoms with E-state index in [1.165, 1.54) is 0 Å². The van der Waals surface area contributed by atoms with E-state index in [0.717, 1.165) is 28.3 Å². The lowest BCUT2D eigenvalue weighted by atomic mass is 10.0. The maximum absolute atomic E-state index is 11.2. The molecule has 6 nitrogen and oxygen atoms in total. The monoisotopic (exact) mass is 340 g/mol. The first-order valence-electron chi connectivity index (χ1n) is 8.02. The summed E-state index contributed by atoms with van der Waals surface area (Å²) in [5.41, 5.74) is 3.05. The number of methoxy groups -OCH3 is 1. The fourth-order valence-corrected chi connectivity index (χ4v) is 3.17. The molecule has 0 saturated heterocycles. The van der Waals surface area contributed by atoms with Crippen molar-refractivity contribution < 1.29 is 29.4 Å². The van der Waals surface area contributed by atoms with Crippen LogP contribution in [0.3, 0.4) is 0 Å². The van der Waals surface area contributed by atoms with Crippen LogP contribution >= 0.6 is 0 Å². The zero-order chi connectivity index (χ0) is 17.4. The SMILES string of the molecule is COc1ccc2c(c1)OCC2COc1cccc2c1C=C(C(=O)O)[NH2+]2. The smallest absolute Gasteiger partial charge is 0.390 e. The Morgan fingerprint density at radius 1 is 1.36 bits per heavy atom. The Morgan fingerprint density at radius 3 is 3.04 bits per heavy atom. The highest BCUT2D eigenvalue weighted by Crippen LogP contribution is 2.37. The van der Waals surface area contributed by atoms with E-state index in [-0.39, 0.29) is 11.6 Å². The van der Waals surface area contributed by atoms with Crippen LogP contribution in [-0.2, 0) is 4.79 Å². The van der Waals surface area contributed by atoms with Gasteiger partial charge in [-0.2, -0.15) is 0 Å². The first kappa shape index (κ1) is 15.5. The number of hydrogen-bond donors (Lipinski definition) is 2. The van der Waals surface area contributed by atoms with Crippen molar-refractivity contribution in [2.24, 2.45) is 0 Å². The molecule has 0 fully saturated rings. The maximum atomic E-state index is 11.2. The summed E-state index contributed by atoms with van der Waals surface area (Å²) in [6.07, 6.45) is 1.65. The van der Waals surface area contributed by atoms with E-state index in [4.69, 9.17) is 19.3 Å². The Labute approximate surface area is 144 Å². The van der Waals surface area contributed by atoms with Gasteiger partial charge in [-0.3, -0.25) is 5.32 Å². The van der Waals surface area contributed by atoms with E-state index in [1.807, 2.05) is 36.4 Å². The number of quaternary nitrogens is 1. The largest absolute Gasteiger partial charge is 0.497 e. The van der Waals surface area contributed by atoms with Gasteiger partial charge in [0.05, 0.1) is 31.8 Å². The Kier molecular flexibility index (Phi) is 3.82. The van der Waals surface area contributed by atoms with Crippen molar-refractivity contribution in [3.05, 3.63) is 53.2 Å². The Bertz CT molecular complexity index is 874. The summed E-state index contributed by atoms with van der Waals surface area (Å²) in [4.78, 5) is 11.2. The Morgan fingerprint density at radius 2 is 2.24 bits per heavy atom. The summed E-state index contributed by atoms with van der Waals surface area (Å²) >= 11 is 0. The van der Waals surface area contributed by atoms with Crippen LogP contribution in [0.25, 0.3) is 6.08 Å². The van der Waals surface area contributed by atoms with Gasteiger partial charge in [-0.25, -0.2) is 4.79 Å². The molecular weight excluding hydrogens is 322 g/mol. The quantitative estimate of drug-likeness (QED) is 0.812. The van der Waals surface area contributed by atoms with E-state index in [0.29, 0.717) is 19.0 Å². The molecule has 2 heterocycles. The van der Waals surface area contributed by atoms with Gasteiger partial charge < -0.3 is 19.3 Å². The van der Waals surface area contributed by atoms with Gasteiger partial charge in [0, 0.05) is 23.8 Å². The van der Waals surface area contributed by atoms with Crippen LogP contribution in [0, 0.1) is 0 Å². The second-order valence-electron chi connectivity index (χ2n) is 6.03. The van der Waals surface area contributed by atoms with E-state index in [9.17, 15) is 4.79 Å². The van der Waals surface area contributed by atoms with Gasteiger partial charge in [0.25, 0.3) is 0 Å². The fourth-order valence-electron chi connectivity index (χ4n) is 3.17. The molecular formula is C19H18NO5+. The number of fused-ring (bicyclic) bond motifs is 2. The molecule has 128 valence electrons. The van der Waals surface area contributed by atoms with Crippen molar-refractivity contribution in [2.45, 2.75) is 5.92 Å². The minimum atomic E-state index is -0.936. The molecule has 2 aromatic rings. The lowest BCUT2D eigenvalue weighted by molar-refractivity contribution is -0.507. The lowest BCUT2D eigenvalue weighted by Gasteiger charge is -2.13. The average Bonchev–Trinajstić information content (AvgIpc) is 3.23. The minimum Gasteiger partial charge on any atom is -0.497 e. The van der Waals surface area contributed by atoms with Crippen molar-refractivity contribution in [2.75, 3.05) is 20.3 Å². The molecule has 4 rings (SSSR count). The number of ether oxygens (including phenoxy) is 3. The molecule has 0 spiro atoms. The molecule has 0 saturated carbocycles. The van der Waals surface area contributed by atoms with Crippen molar-refractivity contribution in [3.63, 3.8) is 0 Å². The van der Waals surface area contributed by atoms with Crippen molar-refractivity contribution in [1.82, 2.24) is 0 Å². The molecule has 2 aromatic carbocycles. The van der Waals surface area contributed by atoms with Gasteiger partial charge in [-0.15, -0.1) is 0 Å². The normalized spacial score (nSPS) is 17.3. The van der Waals surface area contributed by atoms with Gasteiger partial charge >= 0.3 is 5.97 Å². The van der Waals surface area contributed by atoms with Crippen LogP contribution in [0.1, 0.15) is 17.0 Å². The molecule has 0 aromatic heterocycles. The van der Waals surface area contributed by atoms with Crippen molar-refractivity contribution >= 4 is 17.7 Å². The molecule has 0 bridgehead atoms. The molecule has 6 heteroatoms. The van der Waals surface area contributed by atoms with Crippen molar-refractivity contribution in [3.8, 4) is 17.2 Å². The molecule has 0 amide bonds. The van der Waals surface area contributed by atoms with Crippen LogP contribution in [0.5, 0.6) is 17.2 Å². The maximum Gasteiger partial charge on any atom is 0.390 e. The zero-order valence-corrected chi connectivity index (χ0v) is 13.7. The standard InChI is InChI=1S/C19H17NO5/c1-23-12-5-6-13-11(10-25-18(13)7-12)9-24-17-4-2-3-15-14(17)8-16(20-15)19(21)22/h2-8,11,20H,9-10H2,1H3,(H,21,22)/p+1. The van der Waals surface area contributed by atoms with Gasteiger partial charge in [-0.05, 0) is 12.1 Å². The van der Waals surface area contributed by atoms with E-state index in [1.54, 1.807) is 18.5 Å². The molecule has 1 atom stereocenters. The third kappa shape index (κ3) is 2.81. The number of benzene rings is 2. The molecule has 25 heavy (non-hydrogen) atoms. The van der Waals surface area contributed by atoms with Crippen LogP contribution in [-0.4, -0.2) is 31.4 Å². The Balaban J connectivity index is 1.51. The number of hydrogen-bond acceptors (Lipinski definition) is 4. The van der Waals surface area contributed by atoms with Crippen LogP contribution in [0.15, 0.2) is 42.1 Å². The van der Waals surface area contributed by atoms with Crippen LogP contribution < -0.4 is 19.5 Å². The van der Waals surface area contributed by atoms with Crippen LogP contribution in [0.2, 0.25) is 0 Å². The topological polar surface area (TPSA) is 81.6 Å². The third-order valence-corrected chi connectivity index (χ3v) is 4.50. The molecule has 2 aliphatic rings. The second-order valence-corrected chi connectivity index (χ2v) is 6.03. The van der Waals surface area contributed by atoms with Gasteiger partial charge in [0.1, 0.15) is 22.9 Å². The summed E-state index contributed by atoms with van der Waals surface area (Å²) < 4.78 is 16.9. The molecule has 1 unspecified atom stereocenters. The number of rotatable bonds is 5. The predicted octanol–water partition coefficient (Wildman–Crippen LogP) is 1.88. The zero-order valence-electron chi connectivity index (χ0n) is 13.7. The highest BCUT2D eigenvalue weighted by atomic mass is 16.5. The van der Waals surface area contributed by atoms with Gasteiger partial charge in [0.2, 0.25) is 5.70 Å². The summed E-state index contributed by atoms with van der Waals surface area (Å²) in [6, 6.07) is 11.4. The van der Waals surface area contributed by atoms with Gasteiger partial charge in [-0.1, -0.05) is 12.1 Å². The number of carboxylic acid groups (broad SMARTS) is 1. The number of carboxylic acids is 1. The highest BCUT2D eigenvalue weighted by Gasteiger charge is 2.28. The summed E-state index contributed by atoms with van der Waals surface area (Å²) in [5, 5.41) is 10.8. The summed E-state index contributed by atoms with van der Waals surface area (Å²) in [5.74, 6) is 1.47. The first-order chi connectivity index (χ1) is 12.2. The minimum absolute atomic E-state index is 0.130. The number of carbonyl (C=O) groups is 1. The highest BCUT2D eigenvalue weighted by molar-refractivity contribution is 5.93. The van der Waals surface area contributed by atoms with Crippen molar-refractivity contribution in [1.29, 1.82) is 0 Å². The predicted molar refractivity (Wildman–Crippen MR) is 90.4 cm³/mol. The first-order valence-corrected chi connectivity index (χ1v) is 8.02. The molecule has 0 aliphatic carbocycles. The van der Waals surface area contributed by atoms with E-state index >= 15 is 0 Å². The summed E-state index contributed by atoms with van der Waals surface area (Å²) in [6.45, 7) is 1.02. The molecule has 3 N–H and O–H groups in total. The summed E-state index contributed by atoms with van der Waals surface area (Å²) in [7, 11) is 1.63. The third-order valence-electron chi connectivity index (χ3n) is 4.50. The van der Waals surface area contributed by atoms with E-state index < -0.39 is 5.97 Å². The fraction of sp³-hybridized carbons (Fsp3) is 0.211. The second kappa shape index (κ2) is 6.14. The number of nitrogens with two attached hydrogens (primary N) is 1. The molecule has 0 radical (unpaired) electrons. The molecule has 2 aliphatic heterocycles. The lowest BCUT2D eigenvalue weighted by Crippen LogP contribution is -2.75. The van der Waals surface area contributed by atoms with Crippen LogP contribution in [0.4, 0.5) is 5.69 Å². The van der Waals surface area contributed by atoms with E-state index in [2.05, 4.69) is 0 Å².